The molecule has 32 heavy (non-hydrogen) atoms. The number of hydrogen-bond donors (Lipinski definition) is 0. The molecule has 2 aromatic carbocycles. The van der Waals surface area contributed by atoms with E-state index in [1.807, 2.05) is 23.1 Å². The van der Waals surface area contributed by atoms with Gasteiger partial charge in [0, 0.05) is 52.0 Å². The largest absolute Gasteiger partial charge is 0.467 e. The Kier molecular flexibility index (Phi) is 6.83. The molecule has 2 aromatic rings. The fraction of sp³-hybridized carbons (Fsp3) is 0.391. The predicted molar refractivity (Wildman–Crippen MR) is 117 cm³/mol. The maximum atomic E-state index is 13.4. The molecule has 2 aliphatic heterocycles. The number of halogens is 1. The molecule has 0 unspecified atom stereocenters. The Balaban J connectivity index is 1.59. The third kappa shape index (κ3) is 4.39. The van der Waals surface area contributed by atoms with Crippen LogP contribution in [0.15, 0.2) is 30.3 Å². The van der Waals surface area contributed by atoms with Crippen molar-refractivity contribution in [2.24, 2.45) is 0 Å². The van der Waals surface area contributed by atoms with Crippen LogP contribution >= 0.6 is 11.6 Å². The number of rotatable bonds is 8. The summed E-state index contributed by atoms with van der Waals surface area (Å²) in [6, 6.07) is 8.72. The van der Waals surface area contributed by atoms with Crippen LogP contribution in [-0.4, -0.2) is 62.5 Å². The van der Waals surface area contributed by atoms with Gasteiger partial charge in [-0.2, -0.15) is 0 Å². The molecule has 9 heteroatoms. The smallest absolute Gasteiger partial charge is 0.258 e. The summed E-state index contributed by atoms with van der Waals surface area (Å²) >= 11 is 6.35. The molecule has 2 amide bonds. The van der Waals surface area contributed by atoms with Crippen molar-refractivity contribution in [3.63, 3.8) is 0 Å². The van der Waals surface area contributed by atoms with Gasteiger partial charge in [0.05, 0.1) is 10.6 Å². The lowest BCUT2D eigenvalue weighted by Gasteiger charge is -2.31. The maximum absolute atomic E-state index is 13.4. The number of hydrogen-bond acceptors (Lipinski definition) is 6. The molecule has 0 aliphatic carbocycles. The Morgan fingerprint density at radius 2 is 1.59 bits per heavy atom. The maximum Gasteiger partial charge on any atom is 0.258 e. The highest BCUT2D eigenvalue weighted by Gasteiger charge is 2.32. The molecule has 0 saturated carbocycles. The molecule has 0 aromatic heterocycles. The van der Waals surface area contributed by atoms with Gasteiger partial charge in [-0.15, -0.1) is 0 Å². The highest BCUT2D eigenvalue weighted by atomic mass is 35.5. The van der Waals surface area contributed by atoms with E-state index in [-0.39, 0.29) is 30.4 Å². The van der Waals surface area contributed by atoms with Crippen molar-refractivity contribution in [1.82, 2.24) is 9.80 Å². The van der Waals surface area contributed by atoms with Crippen molar-refractivity contribution < 1.29 is 28.5 Å². The summed E-state index contributed by atoms with van der Waals surface area (Å²) in [5.41, 5.74) is 2.81. The number of carbonyl (C=O) groups excluding carboxylic acids is 2. The van der Waals surface area contributed by atoms with E-state index in [2.05, 4.69) is 0 Å². The molecular weight excluding hydrogens is 436 g/mol. The molecular formula is C23H25ClN2O6. The summed E-state index contributed by atoms with van der Waals surface area (Å²) in [7, 11) is 2.99. The van der Waals surface area contributed by atoms with Gasteiger partial charge >= 0.3 is 0 Å². The minimum Gasteiger partial charge on any atom is -0.467 e. The summed E-state index contributed by atoms with van der Waals surface area (Å²) in [5.74, 6) is 0.396. The Morgan fingerprint density at radius 3 is 2.25 bits per heavy atom. The second-order valence-electron chi connectivity index (χ2n) is 7.63. The molecule has 1 fully saturated rings. The fourth-order valence-electron chi connectivity index (χ4n) is 3.80. The van der Waals surface area contributed by atoms with Gasteiger partial charge in [0.2, 0.25) is 0 Å². The summed E-state index contributed by atoms with van der Waals surface area (Å²) in [6.45, 7) is 2.26. The topological polar surface area (TPSA) is 77.5 Å². The number of nitrogens with zero attached hydrogens (tertiary/aromatic N) is 2. The second-order valence-corrected chi connectivity index (χ2v) is 8.04. The summed E-state index contributed by atoms with van der Waals surface area (Å²) < 4.78 is 21.0. The van der Waals surface area contributed by atoms with Gasteiger partial charge in [-0.25, -0.2) is 0 Å². The predicted octanol–water partition coefficient (Wildman–Crippen LogP) is 3.31. The molecule has 8 nitrogen and oxygen atoms in total. The lowest BCUT2D eigenvalue weighted by Crippen LogP contribution is -2.42. The first-order valence-electron chi connectivity index (χ1n) is 10.3. The zero-order valence-electron chi connectivity index (χ0n) is 18.1. The van der Waals surface area contributed by atoms with E-state index in [9.17, 15) is 9.59 Å². The average Bonchev–Trinajstić information content (AvgIpc) is 3.19. The van der Waals surface area contributed by atoms with Crippen LogP contribution in [0.4, 0.5) is 0 Å². The van der Waals surface area contributed by atoms with Crippen molar-refractivity contribution >= 4 is 23.4 Å². The highest BCUT2D eigenvalue weighted by molar-refractivity contribution is 6.32. The molecule has 0 atom stereocenters. The van der Waals surface area contributed by atoms with Gasteiger partial charge in [-0.3, -0.25) is 9.59 Å². The molecule has 4 rings (SSSR count). The third-order valence-corrected chi connectivity index (χ3v) is 5.87. The Hall–Kier alpha value is -2.81. The van der Waals surface area contributed by atoms with Gasteiger partial charge in [0.15, 0.2) is 13.6 Å². The molecule has 0 spiro atoms. The Bertz CT molecular complexity index is 1020. The SMILES string of the molecule is COCOc1cc(OCOC)c(C(=O)N2Cc3cccc(C(=O)N4CCC4)c3C2)cc1Cl. The normalized spacial score (nSPS) is 14.7. The van der Waals surface area contributed by atoms with E-state index >= 15 is 0 Å². The molecule has 1 saturated heterocycles. The standard InChI is InChI=1S/C23H25ClN2O6/c1-29-13-31-20-10-21(32-14-30-2)19(24)9-17(20)23(28)26-11-15-5-3-6-16(18(15)12-26)22(27)25-7-4-8-25/h3,5-6,9-10H,4,7-8,11-14H2,1-2H3. The van der Waals surface area contributed by atoms with E-state index in [0.29, 0.717) is 35.7 Å². The third-order valence-electron chi connectivity index (χ3n) is 5.57. The number of carbonyl (C=O) groups is 2. The van der Waals surface area contributed by atoms with E-state index in [4.69, 9.17) is 30.5 Å². The van der Waals surface area contributed by atoms with Gasteiger partial charge in [0.1, 0.15) is 11.5 Å². The number of likely N-dealkylation sites (tertiary alicyclic amines) is 1. The zero-order chi connectivity index (χ0) is 22.7. The molecule has 170 valence electrons. The zero-order valence-corrected chi connectivity index (χ0v) is 18.8. The van der Waals surface area contributed by atoms with E-state index in [1.54, 1.807) is 11.0 Å². The first-order chi connectivity index (χ1) is 15.5. The van der Waals surface area contributed by atoms with Crippen LogP contribution in [0.3, 0.4) is 0 Å². The number of amides is 2. The number of methoxy groups -OCH3 is 2. The van der Waals surface area contributed by atoms with Gasteiger partial charge in [-0.05, 0) is 29.7 Å². The summed E-state index contributed by atoms with van der Waals surface area (Å²) in [5, 5.41) is 0.264. The van der Waals surface area contributed by atoms with Crippen molar-refractivity contribution in [2.75, 3.05) is 40.9 Å². The van der Waals surface area contributed by atoms with Crippen molar-refractivity contribution in [1.29, 1.82) is 0 Å². The van der Waals surface area contributed by atoms with Crippen LogP contribution in [0.1, 0.15) is 38.3 Å². The lowest BCUT2D eigenvalue weighted by molar-refractivity contribution is 0.0448. The fourth-order valence-corrected chi connectivity index (χ4v) is 4.02. The quantitative estimate of drug-likeness (QED) is 0.562. The van der Waals surface area contributed by atoms with Crippen molar-refractivity contribution in [2.45, 2.75) is 19.5 Å². The minimum atomic E-state index is -0.255. The molecule has 0 radical (unpaired) electrons. The lowest BCUT2D eigenvalue weighted by atomic mass is 10.0. The van der Waals surface area contributed by atoms with Gasteiger partial charge in [0.25, 0.3) is 11.8 Å². The van der Waals surface area contributed by atoms with Crippen LogP contribution in [-0.2, 0) is 22.6 Å². The van der Waals surface area contributed by atoms with Crippen molar-refractivity contribution in [3.8, 4) is 11.5 Å². The van der Waals surface area contributed by atoms with Crippen LogP contribution in [0.5, 0.6) is 11.5 Å². The summed E-state index contributed by atoms with van der Waals surface area (Å²) in [6.07, 6.45) is 1.03. The number of ether oxygens (including phenoxy) is 4. The monoisotopic (exact) mass is 460 g/mol. The molecule has 0 N–H and O–H groups in total. The number of fused-ring (bicyclic) bond motifs is 1. The Labute approximate surface area is 191 Å². The minimum absolute atomic E-state index is 0.00594. The van der Waals surface area contributed by atoms with Crippen LogP contribution in [0.25, 0.3) is 0 Å². The molecule has 2 heterocycles. The van der Waals surface area contributed by atoms with Crippen LogP contribution in [0, 0.1) is 0 Å². The van der Waals surface area contributed by atoms with Crippen molar-refractivity contribution in [3.05, 3.63) is 57.6 Å². The van der Waals surface area contributed by atoms with E-state index < -0.39 is 0 Å². The van der Waals surface area contributed by atoms with Crippen LogP contribution < -0.4 is 9.47 Å². The van der Waals surface area contributed by atoms with Gasteiger partial charge in [-0.1, -0.05) is 23.7 Å². The Morgan fingerprint density at radius 1 is 0.906 bits per heavy atom. The van der Waals surface area contributed by atoms with E-state index in [1.165, 1.54) is 20.3 Å². The summed E-state index contributed by atoms with van der Waals surface area (Å²) in [4.78, 5) is 29.8. The van der Waals surface area contributed by atoms with E-state index in [0.717, 1.165) is 30.6 Å². The van der Waals surface area contributed by atoms with Crippen LogP contribution in [0.2, 0.25) is 5.02 Å². The molecule has 2 aliphatic rings. The first-order valence-corrected chi connectivity index (χ1v) is 10.7. The molecule has 0 bridgehead atoms. The van der Waals surface area contributed by atoms with Gasteiger partial charge < -0.3 is 28.7 Å². The highest BCUT2D eigenvalue weighted by Crippen LogP contribution is 2.36. The first kappa shape index (κ1) is 22.4. The second kappa shape index (κ2) is 9.77. The number of benzene rings is 2. The average molecular weight is 461 g/mol.